The molecular formula is C12H27NO3S. The number of likely N-dealkylation sites (N-methyl/N-ethyl adjacent to an activating group) is 1. The summed E-state index contributed by atoms with van der Waals surface area (Å²) in [6.07, 6.45) is 1.91. The molecule has 0 bridgehead atoms. The molecule has 0 aliphatic rings. The van der Waals surface area contributed by atoms with E-state index in [0.717, 1.165) is 12.8 Å². The minimum absolute atomic E-state index is 0.157. The summed E-state index contributed by atoms with van der Waals surface area (Å²) in [6, 6.07) is 0. The van der Waals surface area contributed by atoms with Crippen molar-refractivity contribution in [2.45, 2.75) is 53.1 Å². The SMILES string of the molecule is CCCC(C)CS(=O)(=O)N(CC)CC(C)(C)O. The van der Waals surface area contributed by atoms with Gasteiger partial charge in [0.2, 0.25) is 10.0 Å². The molecule has 0 aromatic carbocycles. The number of nitrogens with zero attached hydrogens (tertiary/aromatic N) is 1. The third kappa shape index (κ3) is 7.01. The van der Waals surface area contributed by atoms with E-state index in [0.29, 0.717) is 6.54 Å². The highest BCUT2D eigenvalue weighted by molar-refractivity contribution is 7.89. The Morgan fingerprint density at radius 3 is 2.18 bits per heavy atom. The van der Waals surface area contributed by atoms with Crippen LogP contribution in [0, 0.1) is 5.92 Å². The van der Waals surface area contributed by atoms with Crippen LogP contribution in [-0.2, 0) is 10.0 Å². The third-order valence-corrected chi connectivity index (χ3v) is 4.75. The lowest BCUT2D eigenvalue weighted by molar-refractivity contribution is 0.0600. The van der Waals surface area contributed by atoms with Crippen LogP contribution in [0.1, 0.15) is 47.5 Å². The molecule has 0 aliphatic heterocycles. The van der Waals surface area contributed by atoms with E-state index in [2.05, 4.69) is 6.92 Å². The predicted octanol–water partition coefficient (Wildman–Crippen LogP) is 1.85. The Morgan fingerprint density at radius 2 is 1.82 bits per heavy atom. The first kappa shape index (κ1) is 16.9. The van der Waals surface area contributed by atoms with Gasteiger partial charge in [-0.25, -0.2) is 8.42 Å². The molecule has 0 saturated heterocycles. The van der Waals surface area contributed by atoms with Crippen LogP contribution >= 0.6 is 0 Å². The van der Waals surface area contributed by atoms with Crippen LogP contribution in [0.15, 0.2) is 0 Å². The predicted molar refractivity (Wildman–Crippen MR) is 71.4 cm³/mol. The minimum Gasteiger partial charge on any atom is -0.389 e. The molecule has 0 amide bonds. The zero-order valence-corrected chi connectivity index (χ0v) is 12.5. The topological polar surface area (TPSA) is 57.6 Å². The van der Waals surface area contributed by atoms with Gasteiger partial charge in [-0.15, -0.1) is 0 Å². The van der Waals surface area contributed by atoms with E-state index in [-0.39, 0.29) is 18.2 Å². The molecule has 104 valence electrons. The molecule has 0 aromatic heterocycles. The van der Waals surface area contributed by atoms with E-state index >= 15 is 0 Å². The second-order valence-electron chi connectivity index (χ2n) is 5.41. The van der Waals surface area contributed by atoms with E-state index in [1.54, 1.807) is 20.8 Å². The number of aliphatic hydroxyl groups is 1. The van der Waals surface area contributed by atoms with Crippen molar-refractivity contribution < 1.29 is 13.5 Å². The maximum absolute atomic E-state index is 12.1. The lowest BCUT2D eigenvalue weighted by Gasteiger charge is -2.28. The summed E-state index contributed by atoms with van der Waals surface area (Å²) in [5, 5.41) is 9.71. The molecule has 0 saturated carbocycles. The van der Waals surface area contributed by atoms with Crippen molar-refractivity contribution in [3.8, 4) is 0 Å². The molecule has 0 fully saturated rings. The lowest BCUT2D eigenvalue weighted by atomic mass is 10.1. The molecule has 0 aromatic rings. The first-order valence-corrected chi connectivity index (χ1v) is 7.93. The van der Waals surface area contributed by atoms with Crippen molar-refractivity contribution in [1.29, 1.82) is 0 Å². The Bertz CT molecular complexity index is 306. The molecule has 1 unspecified atom stereocenters. The van der Waals surface area contributed by atoms with Gasteiger partial charge in [0.1, 0.15) is 0 Å². The van der Waals surface area contributed by atoms with Gasteiger partial charge in [-0.3, -0.25) is 0 Å². The van der Waals surface area contributed by atoms with E-state index in [4.69, 9.17) is 0 Å². The molecule has 1 atom stereocenters. The average molecular weight is 265 g/mol. The molecule has 5 heteroatoms. The van der Waals surface area contributed by atoms with Crippen molar-refractivity contribution in [3.63, 3.8) is 0 Å². The molecule has 0 spiro atoms. The molecule has 0 rings (SSSR count). The Kier molecular flexibility index (Phi) is 6.66. The Hall–Kier alpha value is -0.130. The normalized spacial score (nSPS) is 15.2. The molecule has 0 heterocycles. The van der Waals surface area contributed by atoms with Crippen molar-refractivity contribution in [1.82, 2.24) is 4.31 Å². The molecule has 0 aliphatic carbocycles. The van der Waals surface area contributed by atoms with Crippen molar-refractivity contribution >= 4 is 10.0 Å². The quantitative estimate of drug-likeness (QED) is 0.728. The highest BCUT2D eigenvalue weighted by Crippen LogP contribution is 2.15. The van der Waals surface area contributed by atoms with Gasteiger partial charge in [0.25, 0.3) is 0 Å². The first-order valence-electron chi connectivity index (χ1n) is 6.32. The summed E-state index contributed by atoms with van der Waals surface area (Å²) < 4.78 is 25.7. The van der Waals surface area contributed by atoms with Gasteiger partial charge in [-0.2, -0.15) is 4.31 Å². The van der Waals surface area contributed by atoms with Crippen LogP contribution in [-0.4, -0.2) is 42.3 Å². The van der Waals surface area contributed by atoms with Crippen LogP contribution in [0.2, 0.25) is 0 Å². The van der Waals surface area contributed by atoms with Crippen molar-refractivity contribution in [2.24, 2.45) is 5.92 Å². The summed E-state index contributed by atoms with van der Waals surface area (Å²) in [5.74, 6) is 0.339. The van der Waals surface area contributed by atoms with Crippen LogP contribution < -0.4 is 0 Å². The van der Waals surface area contributed by atoms with Gasteiger partial charge in [-0.05, 0) is 26.2 Å². The fraction of sp³-hybridized carbons (Fsp3) is 1.00. The van der Waals surface area contributed by atoms with Gasteiger partial charge < -0.3 is 5.11 Å². The minimum atomic E-state index is -3.25. The van der Waals surface area contributed by atoms with Crippen molar-refractivity contribution in [2.75, 3.05) is 18.8 Å². The fourth-order valence-electron chi connectivity index (χ4n) is 1.88. The maximum atomic E-state index is 12.1. The monoisotopic (exact) mass is 265 g/mol. The van der Waals surface area contributed by atoms with Crippen LogP contribution in [0.25, 0.3) is 0 Å². The summed E-state index contributed by atoms with van der Waals surface area (Å²) >= 11 is 0. The van der Waals surface area contributed by atoms with Gasteiger partial charge in [0, 0.05) is 13.1 Å². The smallest absolute Gasteiger partial charge is 0.214 e. The highest BCUT2D eigenvalue weighted by atomic mass is 32.2. The molecule has 17 heavy (non-hydrogen) atoms. The standard InChI is InChI=1S/C12H27NO3S/c1-6-8-11(3)9-17(15,16)13(7-2)10-12(4,5)14/h11,14H,6-10H2,1-5H3. The highest BCUT2D eigenvalue weighted by Gasteiger charge is 2.27. The van der Waals surface area contributed by atoms with Crippen LogP contribution in [0.5, 0.6) is 0 Å². The van der Waals surface area contributed by atoms with E-state index in [1.807, 2.05) is 6.92 Å². The average Bonchev–Trinajstić information content (AvgIpc) is 2.11. The Labute approximate surface area is 106 Å². The van der Waals surface area contributed by atoms with Gasteiger partial charge >= 0.3 is 0 Å². The summed E-state index contributed by atoms with van der Waals surface area (Å²) in [6.45, 7) is 9.63. The largest absolute Gasteiger partial charge is 0.389 e. The maximum Gasteiger partial charge on any atom is 0.214 e. The lowest BCUT2D eigenvalue weighted by Crippen LogP contribution is -2.43. The number of rotatable bonds is 8. The van der Waals surface area contributed by atoms with Crippen LogP contribution in [0.4, 0.5) is 0 Å². The summed E-state index contributed by atoms with van der Waals surface area (Å²) in [5.41, 5.74) is -0.989. The zero-order valence-electron chi connectivity index (χ0n) is 11.7. The second-order valence-corrected chi connectivity index (χ2v) is 7.42. The van der Waals surface area contributed by atoms with Crippen LogP contribution in [0.3, 0.4) is 0 Å². The molecule has 0 radical (unpaired) electrons. The number of hydrogen-bond acceptors (Lipinski definition) is 3. The third-order valence-electron chi connectivity index (χ3n) is 2.59. The van der Waals surface area contributed by atoms with E-state index < -0.39 is 15.6 Å². The van der Waals surface area contributed by atoms with Gasteiger partial charge in [-0.1, -0.05) is 27.2 Å². The molecular weight excluding hydrogens is 238 g/mol. The summed E-state index contributed by atoms with van der Waals surface area (Å²) in [4.78, 5) is 0. The molecule has 1 N–H and O–H groups in total. The van der Waals surface area contributed by atoms with Gasteiger partial charge in [0.15, 0.2) is 0 Å². The number of sulfonamides is 1. The zero-order chi connectivity index (χ0) is 13.7. The number of hydrogen-bond donors (Lipinski definition) is 1. The molecule has 4 nitrogen and oxygen atoms in total. The fourth-order valence-corrected chi connectivity index (χ4v) is 3.88. The van der Waals surface area contributed by atoms with E-state index in [1.165, 1.54) is 4.31 Å². The second kappa shape index (κ2) is 6.71. The first-order chi connectivity index (χ1) is 7.62. The Balaban J connectivity index is 4.65. The van der Waals surface area contributed by atoms with Crippen molar-refractivity contribution in [3.05, 3.63) is 0 Å². The van der Waals surface area contributed by atoms with E-state index in [9.17, 15) is 13.5 Å². The van der Waals surface area contributed by atoms with Gasteiger partial charge in [0.05, 0.1) is 11.4 Å². The Morgan fingerprint density at radius 1 is 1.29 bits per heavy atom. The summed E-state index contributed by atoms with van der Waals surface area (Å²) in [7, 11) is -3.25.